The van der Waals surface area contributed by atoms with Gasteiger partial charge in [-0.2, -0.15) is 0 Å². The molecule has 7 nitrogen and oxygen atoms in total. The summed E-state index contributed by atoms with van der Waals surface area (Å²) in [6, 6.07) is 13.8. The maximum absolute atomic E-state index is 12.8. The monoisotopic (exact) mass is 413 g/mol. The number of nitrogens with one attached hydrogen (secondary N) is 3. The van der Waals surface area contributed by atoms with Gasteiger partial charge in [-0.3, -0.25) is 14.9 Å². The minimum Gasteiger partial charge on any atom is -0.454 e. The number of hydrogen-bond acceptors (Lipinski definition) is 4. The summed E-state index contributed by atoms with van der Waals surface area (Å²) in [5.41, 5.74) is -0.330. The van der Waals surface area contributed by atoms with E-state index in [4.69, 9.17) is 16.3 Å². The Morgan fingerprint density at radius 3 is 2.34 bits per heavy atom. The minimum absolute atomic E-state index is 0.139. The Hall–Kier alpha value is -3.06. The van der Waals surface area contributed by atoms with Gasteiger partial charge in [0.1, 0.15) is 11.3 Å². The first-order valence-corrected chi connectivity index (χ1v) is 9.80. The predicted octanol–water partition coefficient (Wildman–Crippen LogP) is 3.84. The van der Waals surface area contributed by atoms with E-state index in [2.05, 4.69) is 16.0 Å². The standard InChI is InChI=1S/C21H20ClN3O4/c22-14-5-1-3-7-16(14)29-17-8-4-2-6-15(17)23-18(26)13-9-11-21(12-10-13)19(27)24-20(28)25-21/h1-8,13H,9-12H2,(H,23,26)(H2,24,25,27,28). The predicted molar refractivity (Wildman–Crippen MR) is 108 cm³/mol. The van der Waals surface area contributed by atoms with E-state index in [1.165, 1.54) is 0 Å². The van der Waals surface area contributed by atoms with Gasteiger partial charge in [0.15, 0.2) is 5.75 Å². The first kappa shape index (κ1) is 19.3. The fourth-order valence-electron chi connectivity index (χ4n) is 3.79. The second kappa shape index (κ2) is 7.75. The number of anilines is 1. The van der Waals surface area contributed by atoms with Gasteiger partial charge in [-0.15, -0.1) is 0 Å². The highest BCUT2D eigenvalue weighted by Gasteiger charge is 2.48. The number of rotatable bonds is 4. The zero-order chi connectivity index (χ0) is 20.4. The van der Waals surface area contributed by atoms with Gasteiger partial charge in [0, 0.05) is 5.92 Å². The largest absolute Gasteiger partial charge is 0.454 e. The highest BCUT2D eigenvalue weighted by atomic mass is 35.5. The van der Waals surface area contributed by atoms with E-state index < -0.39 is 11.6 Å². The number of hydrogen-bond donors (Lipinski definition) is 3. The average molecular weight is 414 g/mol. The van der Waals surface area contributed by atoms with Crippen LogP contribution < -0.4 is 20.7 Å². The van der Waals surface area contributed by atoms with Crippen LogP contribution in [0.3, 0.4) is 0 Å². The van der Waals surface area contributed by atoms with E-state index in [9.17, 15) is 14.4 Å². The van der Waals surface area contributed by atoms with Crippen LogP contribution in [0.15, 0.2) is 48.5 Å². The molecule has 0 atom stereocenters. The second-order valence-electron chi connectivity index (χ2n) is 7.28. The summed E-state index contributed by atoms with van der Waals surface area (Å²) < 4.78 is 5.88. The molecule has 1 saturated heterocycles. The summed E-state index contributed by atoms with van der Waals surface area (Å²) in [5, 5.41) is 8.38. The lowest BCUT2D eigenvalue weighted by Gasteiger charge is -2.33. The van der Waals surface area contributed by atoms with Crippen LogP contribution in [0.25, 0.3) is 0 Å². The number of imide groups is 1. The van der Waals surface area contributed by atoms with E-state index in [0.717, 1.165) is 0 Å². The number of amides is 4. The van der Waals surface area contributed by atoms with Crippen molar-refractivity contribution in [2.75, 3.05) is 5.32 Å². The van der Waals surface area contributed by atoms with Gasteiger partial charge < -0.3 is 15.4 Å². The van der Waals surface area contributed by atoms with Crippen molar-refractivity contribution in [3.63, 3.8) is 0 Å². The van der Waals surface area contributed by atoms with Crippen LogP contribution in [0.1, 0.15) is 25.7 Å². The van der Waals surface area contributed by atoms with Gasteiger partial charge in [-0.1, -0.05) is 35.9 Å². The third-order valence-corrected chi connectivity index (χ3v) is 5.74. The summed E-state index contributed by atoms with van der Waals surface area (Å²) in [5.74, 6) is 0.293. The molecule has 150 valence electrons. The van der Waals surface area contributed by atoms with Gasteiger partial charge in [-0.25, -0.2) is 4.79 Å². The summed E-state index contributed by atoms with van der Waals surface area (Å²) in [6.07, 6.45) is 1.88. The van der Waals surface area contributed by atoms with Crippen molar-refractivity contribution in [1.29, 1.82) is 0 Å². The molecule has 2 aromatic carbocycles. The molecule has 0 unspecified atom stereocenters. The molecule has 4 amide bonds. The molecule has 4 rings (SSSR count). The summed E-state index contributed by atoms with van der Waals surface area (Å²) in [7, 11) is 0. The van der Waals surface area contributed by atoms with Gasteiger partial charge in [0.05, 0.1) is 10.7 Å². The summed E-state index contributed by atoms with van der Waals surface area (Å²) >= 11 is 6.16. The molecule has 1 heterocycles. The third kappa shape index (κ3) is 3.91. The molecule has 2 fully saturated rings. The Bertz CT molecular complexity index is 970. The molecular weight excluding hydrogens is 394 g/mol. The van der Waals surface area contributed by atoms with E-state index in [1.807, 2.05) is 24.3 Å². The smallest absolute Gasteiger partial charge is 0.322 e. The molecule has 2 aliphatic rings. The highest BCUT2D eigenvalue weighted by molar-refractivity contribution is 6.32. The maximum atomic E-state index is 12.8. The Morgan fingerprint density at radius 2 is 1.69 bits per heavy atom. The number of urea groups is 1. The number of para-hydroxylation sites is 3. The topological polar surface area (TPSA) is 96.5 Å². The molecule has 3 N–H and O–H groups in total. The van der Waals surface area contributed by atoms with Crippen molar-refractivity contribution in [2.45, 2.75) is 31.2 Å². The molecule has 1 aliphatic carbocycles. The van der Waals surface area contributed by atoms with Crippen LogP contribution >= 0.6 is 11.6 Å². The second-order valence-corrected chi connectivity index (χ2v) is 7.69. The molecule has 1 spiro atoms. The zero-order valence-corrected chi connectivity index (χ0v) is 16.3. The number of carbonyl (C=O) groups excluding carboxylic acids is 3. The number of benzene rings is 2. The Kier molecular flexibility index (Phi) is 5.15. The van der Waals surface area contributed by atoms with Gasteiger partial charge in [0.2, 0.25) is 5.91 Å². The Morgan fingerprint density at radius 1 is 1.03 bits per heavy atom. The summed E-state index contributed by atoms with van der Waals surface area (Å²) in [4.78, 5) is 36.3. The molecule has 0 aromatic heterocycles. The van der Waals surface area contributed by atoms with Crippen molar-refractivity contribution in [2.24, 2.45) is 5.92 Å². The fraction of sp³-hybridized carbons (Fsp3) is 0.286. The lowest BCUT2D eigenvalue weighted by molar-refractivity contribution is -0.128. The number of carbonyl (C=O) groups is 3. The normalized spacial score (nSPS) is 23.4. The van der Waals surface area contributed by atoms with Gasteiger partial charge in [-0.05, 0) is 49.9 Å². The van der Waals surface area contributed by atoms with Crippen molar-refractivity contribution in [3.05, 3.63) is 53.6 Å². The van der Waals surface area contributed by atoms with Crippen LogP contribution in [-0.2, 0) is 9.59 Å². The molecular formula is C21H20ClN3O4. The Labute approximate surface area is 172 Å². The van der Waals surface area contributed by atoms with Crippen molar-refractivity contribution in [3.8, 4) is 11.5 Å². The Balaban J connectivity index is 1.43. The van der Waals surface area contributed by atoms with Crippen molar-refractivity contribution in [1.82, 2.24) is 10.6 Å². The number of halogens is 1. The SMILES string of the molecule is O=C1NC(=O)C2(CCC(C(=O)Nc3ccccc3Oc3ccccc3Cl)CC2)N1. The number of ether oxygens (including phenoxy) is 1. The minimum atomic E-state index is -0.876. The molecule has 8 heteroatoms. The molecule has 0 radical (unpaired) electrons. The van der Waals surface area contributed by atoms with Crippen LogP contribution in [0.2, 0.25) is 5.02 Å². The third-order valence-electron chi connectivity index (χ3n) is 5.43. The van der Waals surface area contributed by atoms with Crippen LogP contribution in [0, 0.1) is 5.92 Å². The van der Waals surface area contributed by atoms with E-state index in [1.54, 1.807) is 24.3 Å². The highest BCUT2D eigenvalue weighted by Crippen LogP contribution is 2.37. The first-order chi connectivity index (χ1) is 14.0. The van der Waals surface area contributed by atoms with E-state index in [0.29, 0.717) is 47.9 Å². The summed E-state index contributed by atoms with van der Waals surface area (Å²) in [6.45, 7) is 0. The zero-order valence-electron chi connectivity index (χ0n) is 15.5. The van der Waals surface area contributed by atoms with Gasteiger partial charge >= 0.3 is 6.03 Å². The quantitative estimate of drug-likeness (QED) is 0.663. The van der Waals surface area contributed by atoms with Crippen LogP contribution in [-0.4, -0.2) is 23.4 Å². The van der Waals surface area contributed by atoms with E-state index in [-0.39, 0.29) is 17.7 Å². The first-order valence-electron chi connectivity index (χ1n) is 9.43. The lowest BCUT2D eigenvalue weighted by Crippen LogP contribution is -2.50. The van der Waals surface area contributed by atoms with Crippen molar-refractivity contribution >= 4 is 35.1 Å². The van der Waals surface area contributed by atoms with Gasteiger partial charge in [0.25, 0.3) is 5.91 Å². The molecule has 29 heavy (non-hydrogen) atoms. The van der Waals surface area contributed by atoms with E-state index >= 15 is 0 Å². The maximum Gasteiger partial charge on any atom is 0.322 e. The van der Waals surface area contributed by atoms with Crippen LogP contribution in [0.4, 0.5) is 10.5 Å². The lowest BCUT2D eigenvalue weighted by atomic mass is 9.76. The fourth-order valence-corrected chi connectivity index (χ4v) is 3.97. The molecule has 1 saturated carbocycles. The van der Waals surface area contributed by atoms with Crippen LogP contribution in [0.5, 0.6) is 11.5 Å². The van der Waals surface area contributed by atoms with Crippen molar-refractivity contribution < 1.29 is 19.1 Å². The molecule has 0 bridgehead atoms. The average Bonchev–Trinajstić information content (AvgIpc) is 2.98. The molecule has 1 aliphatic heterocycles. The molecule has 2 aromatic rings.